The van der Waals surface area contributed by atoms with Crippen LogP contribution in [0, 0.1) is 83.4 Å². The van der Waals surface area contributed by atoms with Gasteiger partial charge in [0.1, 0.15) is 6.61 Å². The van der Waals surface area contributed by atoms with Crippen LogP contribution in [-0.4, -0.2) is 31.3 Å². The maximum atomic E-state index is 12.0. The Morgan fingerprint density at radius 1 is 0.821 bits per heavy atom. The third-order valence-corrected chi connectivity index (χ3v) is 4.18. The first kappa shape index (κ1) is 44.0. The van der Waals surface area contributed by atoms with Crippen molar-refractivity contribution in [3.8, 4) is 83.4 Å². The van der Waals surface area contributed by atoms with Gasteiger partial charge >= 0.3 is 71.1 Å². The summed E-state index contributed by atoms with van der Waals surface area (Å²) in [5, 5.41) is 0. The molecule has 220 valence electrons. The molecule has 0 aromatic carbocycles. The molecule has 12 heteroatoms. The molecule has 1 atom stereocenters. The second-order valence-electron chi connectivity index (χ2n) is 6.62. The third kappa shape index (κ3) is 33.9. The Kier molecular flexibility index (Phi) is 34.4. The van der Waals surface area contributed by atoms with Gasteiger partial charge in [0.15, 0.2) is 6.10 Å². The molecule has 0 saturated heterocycles. The minimum absolute atomic E-state index is 0. The molecule has 0 unspecified atom stereocenters. The second kappa shape index (κ2) is 30.5. The van der Waals surface area contributed by atoms with E-state index in [9.17, 15) is 23.9 Å². The second-order valence-corrected chi connectivity index (χ2v) is 7.77. The van der Waals surface area contributed by atoms with E-state index >= 15 is 0 Å². The molecule has 0 amide bonds. The van der Waals surface area contributed by atoms with Gasteiger partial charge < -0.3 is 34.5 Å². The van der Waals surface area contributed by atoms with Crippen molar-refractivity contribution >= 4 is 19.8 Å². The summed E-state index contributed by atoms with van der Waals surface area (Å²) >= 11 is 0. The van der Waals surface area contributed by atoms with E-state index in [-0.39, 0.29) is 90.2 Å². The summed E-state index contributed by atoms with van der Waals surface area (Å²) in [6.45, 7) is 0.746. The van der Waals surface area contributed by atoms with Crippen LogP contribution in [0.3, 0.4) is 0 Å². The van der Waals surface area contributed by atoms with Crippen LogP contribution in [0.4, 0.5) is 0 Å². The summed E-state index contributed by atoms with van der Waals surface area (Å²) < 4.78 is 24.7. The first-order chi connectivity index (χ1) is 17.3. The molecule has 9 nitrogen and oxygen atoms in total. The van der Waals surface area contributed by atoms with Gasteiger partial charge in [-0.25, -0.2) is 4.79 Å². The molecule has 0 aliphatic rings. The predicted octanol–water partition coefficient (Wildman–Crippen LogP) is -1.94. The molecule has 0 fully saturated rings. The van der Waals surface area contributed by atoms with E-state index in [2.05, 4.69) is 88.4 Å². The molecule has 0 aromatic rings. The van der Waals surface area contributed by atoms with E-state index < -0.39 is 39.1 Å². The number of unbranched alkanes of at least 4 members (excludes halogenated alkanes) is 5. The maximum Gasteiger partial charge on any atom is 1.00 e. The molecule has 0 spiro atoms. The Morgan fingerprint density at radius 3 is 1.82 bits per heavy atom. The monoisotopic (exact) mass is 595 g/mol. The van der Waals surface area contributed by atoms with Crippen LogP contribution >= 0.6 is 7.82 Å². The summed E-state index contributed by atoms with van der Waals surface area (Å²) in [7, 11) is -5.31. The fraction of sp³-hybridized carbons (Fsp3) is 0.407. The number of phosphoric ester groups is 1. The molecule has 0 rings (SSSR count). The van der Waals surface area contributed by atoms with Gasteiger partial charge in [-0.05, 0) is 77.5 Å². The molecule has 0 aliphatic heterocycles. The summed E-state index contributed by atoms with van der Waals surface area (Å²) in [4.78, 5) is 45.1. The standard InChI is InChI=1S/C27H25O8P.H3N.2Na.13H2/c1-3-5-7-9-11-12-13-14-15-16-18-19-21-26(28)33-23-25(24-34-36(30,31)32)35-27(29)22-20-17-10-8-6-4-2;;;;;;;;;;;;;;;;/h1,25H,4,6,8,10,17,20,22-24H2,2H3,(H2,30,31,32);1H3;;;13*1H/q;;2*+1;;;;;;;;;;;;;/p-2/t25-;;;;;;;;;;;;;;;;/m0................/s1. The van der Waals surface area contributed by atoms with Gasteiger partial charge in [0.05, 0.1) is 14.4 Å². The molecular weight excluding hydrogens is 543 g/mol. The van der Waals surface area contributed by atoms with Crippen LogP contribution in [0.5, 0.6) is 0 Å². The van der Waals surface area contributed by atoms with E-state index in [0.717, 1.165) is 32.1 Å². The molecule has 0 aromatic heterocycles. The first-order valence-electron chi connectivity index (χ1n) is 10.8. The number of hydrogen-bond donors (Lipinski definition) is 1. The van der Waals surface area contributed by atoms with Gasteiger partial charge in [0.2, 0.25) is 0 Å². The minimum Gasteiger partial charge on any atom is -0.790 e. The average Bonchev–Trinajstić information content (AvgIpc) is 2.83. The molecule has 0 radical (unpaired) electrons. The molecule has 0 aliphatic carbocycles. The third-order valence-electron chi connectivity index (χ3n) is 3.71. The van der Waals surface area contributed by atoms with Crippen LogP contribution in [0.2, 0.25) is 0 Å². The number of ether oxygens (including phenoxy) is 2. The van der Waals surface area contributed by atoms with Gasteiger partial charge in [-0.1, -0.05) is 39.0 Å². The van der Waals surface area contributed by atoms with E-state index in [1.807, 2.05) is 0 Å². The Morgan fingerprint density at radius 2 is 1.31 bits per heavy atom. The van der Waals surface area contributed by atoms with Crippen LogP contribution in [-0.2, 0) is 28.2 Å². The van der Waals surface area contributed by atoms with E-state index in [4.69, 9.17) is 15.9 Å². The van der Waals surface area contributed by atoms with Crippen LogP contribution in [0.25, 0.3) is 0 Å². The largest absolute Gasteiger partial charge is 1.00 e. The van der Waals surface area contributed by atoms with Gasteiger partial charge in [-0.15, -0.1) is 6.42 Å². The smallest absolute Gasteiger partial charge is 0.790 e. The average molecular weight is 596 g/mol. The summed E-state index contributed by atoms with van der Waals surface area (Å²) in [6.07, 6.45) is 9.42. The Balaban J connectivity index is -0.0000000510. The summed E-state index contributed by atoms with van der Waals surface area (Å²) in [6, 6.07) is 0. The Hall–Kier alpha value is -2.07. The fourth-order valence-electron chi connectivity index (χ4n) is 2.19. The van der Waals surface area contributed by atoms with E-state index in [1.165, 1.54) is 0 Å². The van der Waals surface area contributed by atoms with Crippen molar-refractivity contribution < 1.29 is 116 Å². The van der Waals surface area contributed by atoms with Crippen molar-refractivity contribution in [3.05, 3.63) is 0 Å². The molecule has 0 bridgehead atoms. The van der Waals surface area contributed by atoms with Gasteiger partial charge in [-0.2, -0.15) is 0 Å². The zero-order valence-corrected chi connectivity index (χ0v) is 27.3. The molecule has 39 heavy (non-hydrogen) atoms. The number of hydrogen-bond acceptors (Lipinski definition) is 9. The summed E-state index contributed by atoms with van der Waals surface area (Å²) in [5.41, 5.74) is 0. The van der Waals surface area contributed by atoms with Gasteiger partial charge in [-0.3, -0.25) is 4.79 Å². The number of carbonyl (C=O) groups is 2. The van der Waals surface area contributed by atoms with Crippen LogP contribution < -0.4 is 75.1 Å². The Labute approximate surface area is 294 Å². The summed E-state index contributed by atoms with van der Waals surface area (Å²) in [5.74, 6) is 28.3. The van der Waals surface area contributed by atoms with Crippen molar-refractivity contribution in [1.82, 2.24) is 6.15 Å². The van der Waals surface area contributed by atoms with Gasteiger partial charge in [0.25, 0.3) is 0 Å². The van der Waals surface area contributed by atoms with Crippen molar-refractivity contribution in [3.63, 3.8) is 0 Å². The predicted molar refractivity (Wildman–Crippen MR) is 160 cm³/mol. The zero-order valence-electron chi connectivity index (χ0n) is 22.4. The number of esters is 2. The minimum atomic E-state index is -5.31. The van der Waals surface area contributed by atoms with Gasteiger partial charge in [0, 0.05) is 30.9 Å². The van der Waals surface area contributed by atoms with Crippen molar-refractivity contribution in [2.75, 3.05) is 13.2 Å². The van der Waals surface area contributed by atoms with Crippen molar-refractivity contribution in [2.24, 2.45) is 0 Å². The van der Waals surface area contributed by atoms with Crippen LogP contribution in [0.1, 0.15) is 70.4 Å². The number of terminal acetylenes is 1. The molecular formula is C27H52NNa2O8P. The quantitative estimate of drug-likeness (QED) is 0.0638. The molecule has 3 N–H and O–H groups in total. The topological polar surface area (TPSA) is 160 Å². The molecule has 0 heterocycles. The SMILES string of the molecule is C#CC#CC#CC#CC#CC#CC#CC(=O)OC[C@@H](COP(=O)([O-])[O-])OC(=O)CCCCCCCC.N.[HH].[HH].[HH].[HH].[HH].[HH].[HH].[HH].[HH].[HH].[HH].[HH].[HH].[Na+].[Na+]. The number of carbonyl (C=O) groups excluding carboxylic acids is 2. The number of rotatable bonds is 13. The van der Waals surface area contributed by atoms with Crippen LogP contribution in [0.15, 0.2) is 0 Å². The van der Waals surface area contributed by atoms with Crippen molar-refractivity contribution in [1.29, 1.82) is 0 Å². The zero-order chi connectivity index (χ0) is 26.9. The van der Waals surface area contributed by atoms with E-state index in [1.54, 1.807) is 0 Å². The maximum absolute atomic E-state index is 12.0. The Bertz CT molecular complexity index is 1260. The first-order valence-corrected chi connectivity index (χ1v) is 12.2. The van der Waals surface area contributed by atoms with E-state index in [0.29, 0.717) is 6.42 Å². The fourth-order valence-corrected chi connectivity index (χ4v) is 2.54. The molecule has 0 saturated carbocycles. The van der Waals surface area contributed by atoms with Crippen molar-refractivity contribution in [2.45, 2.75) is 58.0 Å². The number of phosphoric acid groups is 1. The normalized spacial score (nSPS) is 8.77.